The fraction of sp³-hybridized carbons (Fsp3) is 0.130. The largest absolute Gasteiger partial charge is 0.462 e. The van der Waals surface area contributed by atoms with Crippen molar-refractivity contribution in [2.24, 2.45) is 0 Å². The van der Waals surface area contributed by atoms with Crippen LogP contribution in [0.25, 0.3) is 16.9 Å². The molecule has 0 aliphatic heterocycles. The molecule has 1 N–H and O–H groups in total. The fourth-order valence-electron chi connectivity index (χ4n) is 3.26. The van der Waals surface area contributed by atoms with Gasteiger partial charge in [-0.25, -0.2) is 14.3 Å². The summed E-state index contributed by atoms with van der Waals surface area (Å²) in [5.41, 5.74) is 3.87. The van der Waals surface area contributed by atoms with Crippen molar-refractivity contribution >= 4 is 39.1 Å². The van der Waals surface area contributed by atoms with Gasteiger partial charge in [-0.1, -0.05) is 40.2 Å². The number of hydrogen-bond acceptors (Lipinski definition) is 5. The molecule has 0 bridgehead atoms. The Bertz CT molecular complexity index is 1270. The maximum absolute atomic E-state index is 12.5. The molecule has 2 aromatic carbocycles. The van der Waals surface area contributed by atoms with Gasteiger partial charge in [-0.3, -0.25) is 4.79 Å². The molecule has 0 unspecified atom stereocenters. The molecule has 8 heteroatoms. The molecule has 0 aliphatic rings. The molecule has 0 saturated heterocycles. The van der Waals surface area contributed by atoms with E-state index in [0.29, 0.717) is 16.9 Å². The number of nitrogens with one attached hydrogen (secondary N) is 1. The number of aromatic nitrogens is 3. The average molecular weight is 479 g/mol. The molecule has 0 fully saturated rings. The highest BCUT2D eigenvalue weighted by Gasteiger charge is 2.17. The van der Waals surface area contributed by atoms with Gasteiger partial charge in [0, 0.05) is 21.9 Å². The van der Waals surface area contributed by atoms with Crippen molar-refractivity contribution in [2.75, 3.05) is 11.9 Å². The Labute approximate surface area is 187 Å². The third-order valence-corrected chi connectivity index (χ3v) is 5.09. The molecular formula is C23H19BrN4O3. The molecule has 0 saturated carbocycles. The number of ether oxygens (including phenoxy) is 1. The minimum absolute atomic E-state index is 0.112. The topological polar surface area (TPSA) is 85.6 Å². The van der Waals surface area contributed by atoms with E-state index in [1.807, 2.05) is 48.5 Å². The van der Waals surface area contributed by atoms with E-state index in [0.717, 1.165) is 21.3 Å². The first-order valence-electron chi connectivity index (χ1n) is 9.69. The number of amides is 1. The quantitative estimate of drug-likeness (QED) is 0.411. The van der Waals surface area contributed by atoms with Gasteiger partial charge in [0.2, 0.25) is 5.91 Å². The van der Waals surface area contributed by atoms with Gasteiger partial charge in [-0.05, 0) is 42.8 Å². The van der Waals surface area contributed by atoms with Crippen molar-refractivity contribution in [1.29, 1.82) is 0 Å². The number of carbonyl (C=O) groups excluding carboxylic acids is 2. The molecule has 1 amide bonds. The van der Waals surface area contributed by atoms with Crippen LogP contribution >= 0.6 is 15.9 Å². The van der Waals surface area contributed by atoms with Gasteiger partial charge in [0.25, 0.3) is 0 Å². The zero-order chi connectivity index (χ0) is 21.8. The van der Waals surface area contributed by atoms with Crippen LogP contribution in [0.5, 0.6) is 0 Å². The first-order chi connectivity index (χ1) is 15.0. The van der Waals surface area contributed by atoms with Crippen molar-refractivity contribution in [3.8, 4) is 11.3 Å². The summed E-state index contributed by atoms with van der Waals surface area (Å²) in [6.07, 6.45) is 3.34. The number of hydrogen-bond donors (Lipinski definition) is 1. The number of rotatable bonds is 6. The molecule has 7 nitrogen and oxygen atoms in total. The Kier molecular flexibility index (Phi) is 6.08. The molecule has 0 spiro atoms. The van der Waals surface area contributed by atoms with E-state index in [1.54, 1.807) is 23.7 Å². The molecule has 0 atom stereocenters. The van der Waals surface area contributed by atoms with Crippen LogP contribution in [-0.4, -0.2) is 33.1 Å². The van der Waals surface area contributed by atoms with Crippen LogP contribution in [0.4, 0.5) is 5.69 Å². The zero-order valence-electron chi connectivity index (χ0n) is 16.7. The number of benzene rings is 2. The van der Waals surface area contributed by atoms with Gasteiger partial charge in [-0.2, -0.15) is 5.10 Å². The standard InChI is InChI=1S/C23H19BrN4O3/c1-2-31-23(30)19-14-26-28-20(9-10-25-22(19)28)16-6-4-8-18(13-16)27-21(29)12-15-5-3-7-17(24)11-15/h3-11,13-14H,2,12H2,1H3,(H,27,29). The summed E-state index contributed by atoms with van der Waals surface area (Å²) in [5.74, 6) is -0.575. The minimum Gasteiger partial charge on any atom is -0.462 e. The van der Waals surface area contributed by atoms with Crippen LogP contribution in [0, 0.1) is 0 Å². The summed E-state index contributed by atoms with van der Waals surface area (Å²) in [5, 5.41) is 7.25. The Morgan fingerprint density at radius 1 is 1.13 bits per heavy atom. The number of halogens is 1. The highest BCUT2D eigenvalue weighted by Crippen LogP contribution is 2.24. The second-order valence-corrected chi connectivity index (χ2v) is 7.70. The van der Waals surface area contributed by atoms with E-state index in [2.05, 4.69) is 31.3 Å². The van der Waals surface area contributed by atoms with Gasteiger partial charge in [-0.15, -0.1) is 0 Å². The first-order valence-corrected chi connectivity index (χ1v) is 10.5. The highest BCUT2D eigenvalue weighted by molar-refractivity contribution is 9.10. The summed E-state index contributed by atoms with van der Waals surface area (Å²) < 4.78 is 7.60. The van der Waals surface area contributed by atoms with Gasteiger partial charge in [0.15, 0.2) is 5.65 Å². The van der Waals surface area contributed by atoms with E-state index in [4.69, 9.17) is 4.74 Å². The third kappa shape index (κ3) is 4.64. The van der Waals surface area contributed by atoms with Crippen molar-refractivity contribution in [2.45, 2.75) is 13.3 Å². The van der Waals surface area contributed by atoms with Crippen molar-refractivity contribution in [1.82, 2.24) is 14.6 Å². The van der Waals surface area contributed by atoms with Crippen molar-refractivity contribution < 1.29 is 14.3 Å². The van der Waals surface area contributed by atoms with Crippen LogP contribution in [-0.2, 0) is 16.0 Å². The minimum atomic E-state index is -0.462. The first kappa shape index (κ1) is 20.7. The summed E-state index contributed by atoms with van der Waals surface area (Å²) in [4.78, 5) is 28.9. The van der Waals surface area contributed by atoms with Crippen molar-refractivity contribution in [3.05, 3.63) is 82.6 Å². The maximum atomic E-state index is 12.5. The monoisotopic (exact) mass is 478 g/mol. The second-order valence-electron chi connectivity index (χ2n) is 6.78. The molecule has 31 heavy (non-hydrogen) atoms. The second kappa shape index (κ2) is 9.09. The Morgan fingerprint density at radius 3 is 2.77 bits per heavy atom. The third-order valence-electron chi connectivity index (χ3n) is 4.59. The lowest BCUT2D eigenvalue weighted by Crippen LogP contribution is -2.14. The molecule has 2 heterocycles. The van der Waals surface area contributed by atoms with E-state index >= 15 is 0 Å². The summed E-state index contributed by atoms with van der Waals surface area (Å²) in [7, 11) is 0. The normalized spacial score (nSPS) is 10.8. The number of carbonyl (C=O) groups is 2. The van der Waals surface area contributed by atoms with Crippen LogP contribution < -0.4 is 5.32 Å². The lowest BCUT2D eigenvalue weighted by Gasteiger charge is -2.09. The molecule has 4 rings (SSSR count). The number of anilines is 1. The van der Waals surface area contributed by atoms with E-state index in [9.17, 15) is 9.59 Å². The maximum Gasteiger partial charge on any atom is 0.343 e. The predicted molar refractivity (Wildman–Crippen MR) is 121 cm³/mol. The molecule has 0 aliphatic carbocycles. The molecule has 2 aromatic heterocycles. The van der Waals surface area contributed by atoms with Crippen LogP contribution in [0.2, 0.25) is 0 Å². The van der Waals surface area contributed by atoms with Crippen molar-refractivity contribution in [3.63, 3.8) is 0 Å². The Morgan fingerprint density at radius 2 is 1.97 bits per heavy atom. The molecular weight excluding hydrogens is 460 g/mol. The molecule has 156 valence electrons. The van der Waals surface area contributed by atoms with Gasteiger partial charge < -0.3 is 10.1 Å². The highest BCUT2D eigenvalue weighted by atomic mass is 79.9. The zero-order valence-corrected chi connectivity index (χ0v) is 18.3. The number of fused-ring (bicyclic) bond motifs is 1. The van der Waals surface area contributed by atoms with Crippen LogP contribution in [0.3, 0.4) is 0 Å². The number of esters is 1. The lowest BCUT2D eigenvalue weighted by atomic mass is 10.1. The van der Waals surface area contributed by atoms with Gasteiger partial charge in [0.1, 0.15) is 5.56 Å². The SMILES string of the molecule is CCOC(=O)c1cnn2c(-c3cccc(NC(=O)Cc4cccc(Br)c4)c3)ccnc12. The van der Waals surface area contributed by atoms with E-state index in [-0.39, 0.29) is 18.9 Å². The van der Waals surface area contributed by atoms with Crippen LogP contribution in [0.1, 0.15) is 22.8 Å². The lowest BCUT2D eigenvalue weighted by molar-refractivity contribution is -0.115. The van der Waals surface area contributed by atoms with E-state index in [1.165, 1.54) is 6.20 Å². The Hall–Kier alpha value is -3.52. The summed E-state index contributed by atoms with van der Waals surface area (Å²) >= 11 is 3.42. The van der Waals surface area contributed by atoms with Gasteiger partial charge in [0.05, 0.1) is 24.9 Å². The van der Waals surface area contributed by atoms with Crippen LogP contribution in [0.15, 0.2) is 71.5 Å². The van der Waals surface area contributed by atoms with Gasteiger partial charge >= 0.3 is 5.97 Å². The Balaban J connectivity index is 1.59. The summed E-state index contributed by atoms with van der Waals surface area (Å²) in [6.45, 7) is 2.02. The fourth-order valence-corrected chi connectivity index (χ4v) is 3.70. The molecule has 0 radical (unpaired) electrons. The smallest absolute Gasteiger partial charge is 0.343 e. The summed E-state index contributed by atoms with van der Waals surface area (Å²) in [6, 6.07) is 16.9. The van der Waals surface area contributed by atoms with E-state index < -0.39 is 5.97 Å². The number of nitrogens with zero attached hydrogens (tertiary/aromatic N) is 3. The average Bonchev–Trinajstić information content (AvgIpc) is 3.18. The molecule has 4 aromatic rings. The predicted octanol–water partition coefficient (Wildman–Crippen LogP) is 4.52.